The summed E-state index contributed by atoms with van der Waals surface area (Å²) in [6.07, 6.45) is 2.23. The van der Waals surface area contributed by atoms with Crippen LogP contribution in [0.25, 0.3) is 0 Å². The fraction of sp³-hybridized carbons (Fsp3) is 0.286. The largest absolute Gasteiger partial charge is 0.350 e. The van der Waals surface area contributed by atoms with Gasteiger partial charge in [-0.3, -0.25) is 19.3 Å². The number of nitrogens with one attached hydrogen (secondary N) is 1. The third kappa shape index (κ3) is 3.48. The molecule has 6 heteroatoms. The Bertz CT molecular complexity index is 906. The molecule has 1 aliphatic carbocycles. The molecule has 0 aromatic heterocycles. The van der Waals surface area contributed by atoms with Crippen LogP contribution in [0.1, 0.15) is 49.5 Å². The Balaban J connectivity index is 1.49. The third-order valence-corrected chi connectivity index (χ3v) is 5.14. The van der Waals surface area contributed by atoms with Gasteiger partial charge in [0.15, 0.2) is 0 Å². The van der Waals surface area contributed by atoms with Crippen LogP contribution in [-0.2, 0) is 6.54 Å². The summed E-state index contributed by atoms with van der Waals surface area (Å²) in [6, 6.07) is 13.9. The number of carbonyl (C=O) groups is 3. The van der Waals surface area contributed by atoms with Crippen LogP contribution in [0.5, 0.6) is 0 Å². The van der Waals surface area contributed by atoms with Crippen molar-refractivity contribution in [1.82, 2.24) is 10.2 Å². The van der Waals surface area contributed by atoms with E-state index in [1.54, 1.807) is 12.1 Å². The molecule has 0 spiro atoms. The van der Waals surface area contributed by atoms with Crippen molar-refractivity contribution in [1.29, 1.82) is 0 Å². The van der Waals surface area contributed by atoms with Gasteiger partial charge in [-0.2, -0.15) is 0 Å². The summed E-state index contributed by atoms with van der Waals surface area (Å²) in [5.41, 5.74) is 7.85. The first-order chi connectivity index (χ1) is 13.0. The number of hydrogen-bond donors (Lipinski definition) is 2. The molecule has 1 unspecified atom stereocenters. The summed E-state index contributed by atoms with van der Waals surface area (Å²) in [7, 11) is 0. The molecular formula is C21H21N3O3. The number of rotatable bonds is 6. The molecule has 1 fully saturated rings. The predicted molar refractivity (Wildman–Crippen MR) is 100 cm³/mol. The highest BCUT2D eigenvalue weighted by molar-refractivity contribution is 6.22. The minimum atomic E-state index is -0.372. The molecule has 6 nitrogen and oxygen atoms in total. The minimum absolute atomic E-state index is 0.0343. The highest BCUT2D eigenvalue weighted by atomic mass is 16.2. The molecule has 2 aromatic carbocycles. The average molecular weight is 363 g/mol. The Labute approximate surface area is 157 Å². The van der Waals surface area contributed by atoms with Gasteiger partial charge in [0.1, 0.15) is 0 Å². The van der Waals surface area contributed by atoms with Crippen LogP contribution >= 0.6 is 0 Å². The van der Waals surface area contributed by atoms with E-state index >= 15 is 0 Å². The SMILES string of the molecule is NC(CNC(=O)c1ccc2c(c1)C(=O)N(Cc1ccccc1)C2=O)C1CC1. The van der Waals surface area contributed by atoms with Gasteiger partial charge in [0.05, 0.1) is 17.7 Å². The zero-order chi connectivity index (χ0) is 19.0. The van der Waals surface area contributed by atoms with Gasteiger partial charge in [0.25, 0.3) is 17.7 Å². The smallest absolute Gasteiger partial charge is 0.261 e. The first-order valence-corrected chi connectivity index (χ1v) is 9.12. The van der Waals surface area contributed by atoms with Gasteiger partial charge in [-0.05, 0) is 42.5 Å². The molecule has 3 amide bonds. The molecule has 2 aliphatic rings. The van der Waals surface area contributed by atoms with Crippen LogP contribution in [0, 0.1) is 5.92 Å². The lowest BCUT2D eigenvalue weighted by molar-refractivity contribution is 0.0642. The minimum Gasteiger partial charge on any atom is -0.350 e. The Morgan fingerprint density at radius 3 is 2.48 bits per heavy atom. The maximum Gasteiger partial charge on any atom is 0.261 e. The van der Waals surface area contributed by atoms with E-state index in [0.29, 0.717) is 23.6 Å². The summed E-state index contributed by atoms with van der Waals surface area (Å²) in [6.45, 7) is 0.624. The molecule has 3 N–H and O–H groups in total. The maximum absolute atomic E-state index is 12.7. The number of hydrogen-bond acceptors (Lipinski definition) is 4. The van der Waals surface area contributed by atoms with E-state index < -0.39 is 0 Å². The van der Waals surface area contributed by atoms with Crippen molar-refractivity contribution in [2.45, 2.75) is 25.4 Å². The number of amides is 3. The van der Waals surface area contributed by atoms with E-state index in [4.69, 9.17) is 5.73 Å². The van der Waals surface area contributed by atoms with Gasteiger partial charge in [-0.1, -0.05) is 30.3 Å². The molecule has 27 heavy (non-hydrogen) atoms. The first kappa shape index (κ1) is 17.4. The molecule has 1 aliphatic heterocycles. The van der Waals surface area contributed by atoms with E-state index in [-0.39, 0.29) is 35.9 Å². The van der Waals surface area contributed by atoms with Gasteiger partial charge >= 0.3 is 0 Å². The van der Waals surface area contributed by atoms with Gasteiger partial charge in [-0.25, -0.2) is 0 Å². The summed E-state index contributed by atoms with van der Waals surface area (Å²) in [5.74, 6) is -0.489. The number of benzene rings is 2. The van der Waals surface area contributed by atoms with Crippen molar-refractivity contribution < 1.29 is 14.4 Å². The molecule has 2 aromatic rings. The van der Waals surface area contributed by atoms with E-state index in [9.17, 15) is 14.4 Å². The van der Waals surface area contributed by atoms with Crippen LogP contribution in [-0.4, -0.2) is 35.2 Å². The van der Waals surface area contributed by atoms with Crippen LogP contribution < -0.4 is 11.1 Å². The van der Waals surface area contributed by atoms with E-state index in [0.717, 1.165) is 18.4 Å². The predicted octanol–water partition coefficient (Wildman–Crippen LogP) is 1.95. The van der Waals surface area contributed by atoms with Crippen molar-refractivity contribution in [2.75, 3.05) is 6.54 Å². The molecule has 138 valence electrons. The van der Waals surface area contributed by atoms with Crippen molar-refractivity contribution >= 4 is 17.7 Å². The Morgan fingerprint density at radius 1 is 1.07 bits per heavy atom. The molecular weight excluding hydrogens is 342 g/mol. The molecule has 0 saturated heterocycles. The van der Waals surface area contributed by atoms with Crippen LogP contribution in [0.2, 0.25) is 0 Å². The molecule has 4 rings (SSSR count). The molecule has 0 radical (unpaired) electrons. The van der Waals surface area contributed by atoms with Crippen molar-refractivity contribution in [2.24, 2.45) is 11.7 Å². The number of imide groups is 1. The highest BCUT2D eigenvalue weighted by Crippen LogP contribution is 2.31. The zero-order valence-corrected chi connectivity index (χ0v) is 14.9. The lowest BCUT2D eigenvalue weighted by Gasteiger charge is -2.13. The van der Waals surface area contributed by atoms with Gasteiger partial charge in [-0.15, -0.1) is 0 Å². The standard InChI is InChI=1S/C21H21N3O3/c22-18(14-6-7-14)11-23-19(25)15-8-9-16-17(10-15)21(27)24(20(16)26)12-13-4-2-1-3-5-13/h1-5,8-10,14,18H,6-7,11-12,22H2,(H,23,25). The lowest BCUT2D eigenvalue weighted by Crippen LogP contribution is -2.38. The molecule has 1 saturated carbocycles. The second-order valence-corrected chi connectivity index (χ2v) is 7.15. The number of nitrogens with zero attached hydrogens (tertiary/aromatic N) is 1. The van der Waals surface area contributed by atoms with Crippen LogP contribution in [0.4, 0.5) is 0 Å². The normalized spacial score (nSPS) is 17.0. The van der Waals surface area contributed by atoms with E-state index in [1.165, 1.54) is 11.0 Å². The second kappa shape index (κ2) is 6.96. The Kier molecular flexibility index (Phi) is 4.49. The van der Waals surface area contributed by atoms with Gasteiger partial charge in [0, 0.05) is 18.2 Å². The van der Waals surface area contributed by atoms with Gasteiger partial charge in [0.2, 0.25) is 0 Å². The van der Waals surface area contributed by atoms with Crippen molar-refractivity contribution in [3.05, 3.63) is 70.8 Å². The number of carbonyl (C=O) groups excluding carboxylic acids is 3. The van der Waals surface area contributed by atoms with Crippen LogP contribution in [0.15, 0.2) is 48.5 Å². The number of nitrogens with two attached hydrogens (primary N) is 1. The fourth-order valence-corrected chi connectivity index (χ4v) is 3.35. The Morgan fingerprint density at radius 2 is 1.78 bits per heavy atom. The highest BCUT2D eigenvalue weighted by Gasteiger charge is 2.36. The van der Waals surface area contributed by atoms with Gasteiger partial charge < -0.3 is 11.1 Å². The maximum atomic E-state index is 12.7. The number of fused-ring (bicyclic) bond motifs is 1. The fourth-order valence-electron chi connectivity index (χ4n) is 3.35. The lowest BCUT2D eigenvalue weighted by atomic mass is 10.1. The van der Waals surface area contributed by atoms with Crippen LogP contribution in [0.3, 0.4) is 0 Å². The summed E-state index contributed by atoms with van der Waals surface area (Å²) in [4.78, 5) is 38.9. The van der Waals surface area contributed by atoms with E-state index in [2.05, 4.69) is 5.32 Å². The topological polar surface area (TPSA) is 92.5 Å². The van der Waals surface area contributed by atoms with Crippen molar-refractivity contribution in [3.63, 3.8) is 0 Å². The third-order valence-electron chi connectivity index (χ3n) is 5.14. The Hall–Kier alpha value is -2.99. The zero-order valence-electron chi connectivity index (χ0n) is 14.9. The average Bonchev–Trinajstić information content (AvgIpc) is 3.51. The van der Waals surface area contributed by atoms with E-state index in [1.807, 2.05) is 30.3 Å². The summed E-state index contributed by atoms with van der Waals surface area (Å²) in [5, 5.41) is 2.81. The molecule has 1 heterocycles. The first-order valence-electron chi connectivity index (χ1n) is 9.12. The summed E-state index contributed by atoms with van der Waals surface area (Å²) >= 11 is 0. The monoisotopic (exact) mass is 363 g/mol. The second-order valence-electron chi connectivity index (χ2n) is 7.15. The summed E-state index contributed by atoms with van der Waals surface area (Å²) < 4.78 is 0. The molecule has 0 bridgehead atoms. The quantitative estimate of drug-likeness (QED) is 0.767. The molecule has 1 atom stereocenters. The van der Waals surface area contributed by atoms with Crippen molar-refractivity contribution in [3.8, 4) is 0 Å².